The molecule has 0 aliphatic heterocycles. The van der Waals surface area contributed by atoms with Gasteiger partial charge in [-0.15, -0.1) is 0 Å². The van der Waals surface area contributed by atoms with Gasteiger partial charge in [0.2, 0.25) is 5.95 Å². The minimum Gasteiger partial charge on any atom is -0.484 e. The van der Waals surface area contributed by atoms with Gasteiger partial charge in [-0.3, -0.25) is 4.79 Å². The molecule has 3 N–H and O–H groups in total. The van der Waals surface area contributed by atoms with E-state index in [0.29, 0.717) is 18.1 Å². The SMILES string of the molecule is NC(=O)COc1ccc(CNc2cccc(F)n2)cc1. The van der Waals surface area contributed by atoms with Crippen LogP contribution in [0, 0.1) is 5.95 Å². The van der Waals surface area contributed by atoms with Crippen molar-refractivity contribution >= 4 is 11.7 Å². The van der Waals surface area contributed by atoms with Crippen molar-refractivity contribution in [3.63, 3.8) is 0 Å². The third-order valence-corrected chi connectivity index (χ3v) is 2.49. The number of nitrogens with zero attached hydrogens (tertiary/aromatic N) is 1. The molecular formula is C14H14FN3O2. The van der Waals surface area contributed by atoms with Crippen LogP contribution in [0.25, 0.3) is 0 Å². The van der Waals surface area contributed by atoms with Crippen molar-refractivity contribution < 1.29 is 13.9 Å². The Labute approximate surface area is 115 Å². The number of hydrogen-bond donors (Lipinski definition) is 2. The number of anilines is 1. The van der Waals surface area contributed by atoms with Gasteiger partial charge in [-0.05, 0) is 29.8 Å². The second kappa shape index (κ2) is 6.51. The van der Waals surface area contributed by atoms with E-state index in [1.54, 1.807) is 24.3 Å². The number of halogens is 1. The molecule has 0 fully saturated rings. The molecule has 1 aromatic heterocycles. The predicted octanol–water partition coefficient (Wildman–Crippen LogP) is 1.70. The number of hydrogen-bond acceptors (Lipinski definition) is 4. The van der Waals surface area contributed by atoms with Crippen molar-refractivity contribution in [1.82, 2.24) is 4.98 Å². The quantitative estimate of drug-likeness (QED) is 0.787. The predicted molar refractivity (Wildman–Crippen MR) is 72.7 cm³/mol. The van der Waals surface area contributed by atoms with Gasteiger partial charge in [0.05, 0.1) is 0 Å². The summed E-state index contributed by atoms with van der Waals surface area (Å²) in [5, 5.41) is 3.01. The summed E-state index contributed by atoms with van der Waals surface area (Å²) < 4.78 is 18.0. The van der Waals surface area contributed by atoms with Crippen molar-refractivity contribution in [2.45, 2.75) is 6.54 Å². The lowest BCUT2D eigenvalue weighted by Gasteiger charge is -2.07. The molecule has 1 heterocycles. The van der Waals surface area contributed by atoms with Crippen LogP contribution in [0.5, 0.6) is 5.75 Å². The Morgan fingerprint density at radius 2 is 2.00 bits per heavy atom. The Kier molecular flexibility index (Phi) is 4.49. The number of amides is 1. The monoisotopic (exact) mass is 275 g/mol. The van der Waals surface area contributed by atoms with E-state index in [1.165, 1.54) is 6.07 Å². The van der Waals surface area contributed by atoms with Crippen molar-refractivity contribution in [3.05, 3.63) is 54.0 Å². The molecule has 5 nitrogen and oxygen atoms in total. The van der Waals surface area contributed by atoms with Crippen molar-refractivity contribution in [3.8, 4) is 5.75 Å². The number of pyridine rings is 1. The van der Waals surface area contributed by atoms with Gasteiger partial charge in [0.25, 0.3) is 5.91 Å². The molecule has 0 aliphatic carbocycles. The van der Waals surface area contributed by atoms with E-state index >= 15 is 0 Å². The van der Waals surface area contributed by atoms with Crippen LogP contribution < -0.4 is 15.8 Å². The third-order valence-electron chi connectivity index (χ3n) is 2.49. The van der Waals surface area contributed by atoms with Gasteiger partial charge in [0, 0.05) is 6.54 Å². The Hall–Kier alpha value is -2.63. The Morgan fingerprint density at radius 3 is 2.65 bits per heavy atom. The zero-order chi connectivity index (χ0) is 14.4. The molecule has 6 heteroatoms. The molecule has 20 heavy (non-hydrogen) atoms. The van der Waals surface area contributed by atoms with Gasteiger partial charge in [-0.1, -0.05) is 18.2 Å². The fourth-order valence-electron chi connectivity index (χ4n) is 1.56. The average molecular weight is 275 g/mol. The van der Waals surface area contributed by atoms with E-state index in [4.69, 9.17) is 10.5 Å². The highest BCUT2D eigenvalue weighted by Gasteiger charge is 2.00. The number of carbonyl (C=O) groups excluding carboxylic acids is 1. The van der Waals surface area contributed by atoms with Crippen LogP contribution in [0.15, 0.2) is 42.5 Å². The number of aromatic nitrogens is 1. The largest absolute Gasteiger partial charge is 0.484 e. The molecule has 0 bridgehead atoms. The minimum absolute atomic E-state index is 0.148. The molecule has 0 atom stereocenters. The summed E-state index contributed by atoms with van der Waals surface area (Å²) in [6.45, 7) is 0.358. The second-order valence-corrected chi connectivity index (χ2v) is 4.10. The maximum Gasteiger partial charge on any atom is 0.255 e. The molecule has 1 amide bonds. The molecular weight excluding hydrogens is 261 g/mol. The van der Waals surface area contributed by atoms with E-state index in [0.717, 1.165) is 5.56 Å². The molecule has 0 spiro atoms. The number of nitrogens with two attached hydrogens (primary N) is 1. The first-order chi connectivity index (χ1) is 9.63. The summed E-state index contributed by atoms with van der Waals surface area (Å²) in [6, 6.07) is 11.7. The zero-order valence-corrected chi connectivity index (χ0v) is 10.7. The lowest BCUT2D eigenvalue weighted by molar-refractivity contribution is -0.119. The first-order valence-electron chi connectivity index (χ1n) is 6.00. The minimum atomic E-state index is -0.523. The summed E-state index contributed by atoms with van der Waals surface area (Å²) in [5.41, 5.74) is 5.96. The highest BCUT2D eigenvalue weighted by molar-refractivity contribution is 5.75. The molecule has 104 valence electrons. The van der Waals surface area contributed by atoms with E-state index in [-0.39, 0.29) is 6.61 Å². The van der Waals surface area contributed by atoms with Gasteiger partial charge >= 0.3 is 0 Å². The van der Waals surface area contributed by atoms with Crippen LogP contribution in [0.3, 0.4) is 0 Å². The van der Waals surface area contributed by atoms with E-state index in [1.807, 2.05) is 12.1 Å². The zero-order valence-electron chi connectivity index (χ0n) is 10.7. The number of primary amides is 1. The summed E-state index contributed by atoms with van der Waals surface area (Å²) >= 11 is 0. The third kappa shape index (κ3) is 4.24. The highest BCUT2D eigenvalue weighted by Crippen LogP contribution is 2.13. The molecule has 0 unspecified atom stereocenters. The molecule has 0 saturated carbocycles. The lowest BCUT2D eigenvalue weighted by atomic mass is 10.2. The summed E-state index contributed by atoms with van der Waals surface area (Å²) in [4.78, 5) is 14.3. The molecule has 2 rings (SSSR count). The van der Waals surface area contributed by atoms with Crippen LogP contribution in [0.4, 0.5) is 10.2 Å². The summed E-state index contributed by atoms with van der Waals surface area (Å²) in [5.74, 6) is -0.00592. The molecule has 0 aliphatic rings. The molecule has 1 aromatic carbocycles. The van der Waals surface area contributed by atoms with Gasteiger partial charge in [0.15, 0.2) is 6.61 Å². The number of nitrogens with one attached hydrogen (secondary N) is 1. The first kappa shape index (κ1) is 13.8. The van der Waals surface area contributed by atoms with Gasteiger partial charge in [-0.25, -0.2) is 4.98 Å². The molecule has 0 radical (unpaired) electrons. The van der Waals surface area contributed by atoms with Crippen molar-refractivity contribution in [1.29, 1.82) is 0 Å². The molecule has 0 saturated heterocycles. The smallest absolute Gasteiger partial charge is 0.255 e. The van der Waals surface area contributed by atoms with Gasteiger partial charge in [0.1, 0.15) is 11.6 Å². The normalized spacial score (nSPS) is 10.1. The molecule has 2 aromatic rings. The summed E-state index contributed by atoms with van der Waals surface area (Å²) in [7, 11) is 0. The van der Waals surface area contributed by atoms with Crippen LogP contribution in [0.2, 0.25) is 0 Å². The second-order valence-electron chi connectivity index (χ2n) is 4.10. The Bertz CT molecular complexity index is 587. The van der Waals surface area contributed by atoms with E-state index in [9.17, 15) is 9.18 Å². The average Bonchev–Trinajstić information content (AvgIpc) is 2.44. The number of carbonyl (C=O) groups is 1. The topological polar surface area (TPSA) is 77.2 Å². The number of rotatable bonds is 6. The maximum atomic E-state index is 12.9. The van der Waals surface area contributed by atoms with Crippen LogP contribution in [0.1, 0.15) is 5.56 Å². The van der Waals surface area contributed by atoms with Crippen molar-refractivity contribution in [2.75, 3.05) is 11.9 Å². The standard InChI is InChI=1S/C14H14FN3O2/c15-12-2-1-3-14(18-12)17-8-10-4-6-11(7-5-10)20-9-13(16)19/h1-7H,8-9H2,(H2,16,19)(H,17,18). The lowest BCUT2D eigenvalue weighted by Crippen LogP contribution is -2.19. The van der Waals surface area contributed by atoms with Gasteiger partial charge < -0.3 is 15.8 Å². The summed E-state index contributed by atoms with van der Waals surface area (Å²) in [6.07, 6.45) is 0. The van der Waals surface area contributed by atoms with Crippen molar-refractivity contribution in [2.24, 2.45) is 5.73 Å². The number of ether oxygens (including phenoxy) is 1. The van der Waals surface area contributed by atoms with E-state index in [2.05, 4.69) is 10.3 Å². The van der Waals surface area contributed by atoms with E-state index < -0.39 is 11.9 Å². The van der Waals surface area contributed by atoms with Gasteiger partial charge in [-0.2, -0.15) is 4.39 Å². The van der Waals surface area contributed by atoms with Crippen LogP contribution in [-0.4, -0.2) is 17.5 Å². The van der Waals surface area contributed by atoms with Crippen LogP contribution >= 0.6 is 0 Å². The van der Waals surface area contributed by atoms with Crippen LogP contribution in [-0.2, 0) is 11.3 Å². The Morgan fingerprint density at radius 1 is 1.25 bits per heavy atom. The fourth-order valence-corrected chi connectivity index (χ4v) is 1.56. The first-order valence-corrected chi connectivity index (χ1v) is 6.00. The Balaban J connectivity index is 1.89. The fraction of sp³-hybridized carbons (Fsp3) is 0.143. The maximum absolute atomic E-state index is 12.9. The number of benzene rings is 1. The highest BCUT2D eigenvalue weighted by atomic mass is 19.1.